The van der Waals surface area contributed by atoms with E-state index in [0.29, 0.717) is 0 Å². The highest BCUT2D eigenvalue weighted by Gasteiger charge is 2.38. The first kappa shape index (κ1) is 12.0. The Morgan fingerprint density at radius 1 is 1.36 bits per heavy atom. The molecule has 4 atom stereocenters. The van der Waals surface area contributed by atoms with Gasteiger partial charge in [-0.05, 0) is 24.6 Å². The summed E-state index contributed by atoms with van der Waals surface area (Å²) < 4.78 is 0. The highest BCUT2D eigenvalue weighted by Crippen LogP contribution is 2.35. The Balaban J connectivity index is 2.63. The first-order valence-corrected chi connectivity index (χ1v) is 5.45. The Labute approximate surface area is 85.8 Å². The van der Waals surface area contributed by atoms with Crippen molar-refractivity contribution in [3.63, 3.8) is 0 Å². The number of nitrogens with two attached hydrogens (primary N) is 2. The van der Waals surface area contributed by atoms with E-state index in [0.717, 1.165) is 25.7 Å². The third-order valence-corrected chi connectivity index (χ3v) is 3.47. The molecule has 4 unspecified atom stereocenters. The summed E-state index contributed by atoms with van der Waals surface area (Å²) in [4.78, 5) is 0. The van der Waals surface area contributed by atoms with Crippen LogP contribution < -0.4 is 11.5 Å². The highest BCUT2D eigenvalue weighted by molar-refractivity contribution is 6.43. The van der Waals surface area contributed by atoms with Crippen LogP contribution in [-0.2, 0) is 0 Å². The molecule has 1 fully saturated rings. The van der Waals surface area contributed by atoms with Crippen molar-refractivity contribution < 1.29 is 10.0 Å². The predicted octanol–water partition coefficient (Wildman–Crippen LogP) is -0.306. The fourth-order valence-electron chi connectivity index (χ4n) is 2.53. The maximum absolute atomic E-state index is 9.23. The molecule has 0 aliphatic heterocycles. The van der Waals surface area contributed by atoms with Gasteiger partial charge in [-0.25, -0.2) is 0 Å². The molecule has 0 heterocycles. The fraction of sp³-hybridized carbons (Fsp3) is 1.00. The maximum Gasteiger partial charge on any atom is 0.455 e. The monoisotopic (exact) mass is 200 g/mol. The quantitative estimate of drug-likeness (QED) is 0.470. The van der Waals surface area contributed by atoms with Crippen LogP contribution in [0.4, 0.5) is 0 Å². The van der Waals surface area contributed by atoms with Gasteiger partial charge < -0.3 is 21.5 Å². The largest absolute Gasteiger partial charge is 0.455 e. The summed E-state index contributed by atoms with van der Waals surface area (Å²) in [5.74, 6) is 0.0279. The first-order chi connectivity index (χ1) is 6.57. The van der Waals surface area contributed by atoms with E-state index in [1.807, 2.05) is 6.92 Å². The molecule has 0 radical (unpaired) electrons. The van der Waals surface area contributed by atoms with Crippen molar-refractivity contribution in [1.29, 1.82) is 0 Å². The van der Waals surface area contributed by atoms with Gasteiger partial charge in [0.1, 0.15) is 0 Å². The standard InChI is InChI=1S/C9H21BN2O2/c1-2-7(10(13)14)6-4-3-5-8(11)9(6)12/h6-9,13-14H,2-5,11-12H2,1H3. The molecular formula is C9H21BN2O2. The minimum Gasteiger partial charge on any atom is -0.427 e. The Morgan fingerprint density at radius 3 is 2.50 bits per heavy atom. The SMILES string of the molecule is CCC(B(O)O)C1CCCC(N)C1N. The average molecular weight is 200 g/mol. The van der Waals surface area contributed by atoms with Gasteiger partial charge in [0.05, 0.1) is 0 Å². The third-order valence-electron chi connectivity index (χ3n) is 3.47. The van der Waals surface area contributed by atoms with E-state index in [9.17, 15) is 10.0 Å². The van der Waals surface area contributed by atoms with Crippen LogP contribution in [0.5, 0.6) is 0 Å². The molecule has 1 aliphatic carbocycles. The van der Waals surface area contributed by atoms with E-state index in [2.05, 4.69) is 0 Å². The summed E-state index contributed by atoms with van der Waals surface area (Å²) in [5.41, 5.74) is 11.9. The van der Waals surface area contributed by atoms with Crippen LogP contribution in [0.3, 0.4) is 0 Å². The summed E-state index contributed by atoms with van der Waals surface area (Å²) in [6.45, 7) is 1.96. The van der Waals surface area contributed by atoms with Gasteiger partial charge in [-0.15, -0.1) is 0 Å². The number of hydrogen-bond donors (Lipinski definition) is 4. The third kappa shape index (κ3) is 2.48. The zero-order chi connectivity index (χ0) is 10.7. The van der Waals surface area contributed by atoms with Crippen molar-refractivity contribution in [2.45, 2.75) is 50.5 Å². The molecule has 0 bridgehead atoms. The Bertz CT molecular complexity index is 180. The van der Waals surface area contributed by atoms with Crippen molar-refractivity contribution in [3.05, 3.63) is 0 Å². The van der Waals surface area contributed by atoms with Gasteiger partial charge in [0.2, 0.25) is 0 Å². The van der Waals surface area contributed by atoms with Crippen LogP contribution in [0.25, 0.3) is 0 Å². The average Bonchev–Trinajstić information content (AvgIpc) is 2.13. The minimum absolute atomic E-state index is 0.0153. The summed E-state index contributed by atoms with van der Waals surface area (Å²) in [6, 6.07) is -0.0722. The van der Waals surface area contributed by atoms with Crippen LogP contribution in [0.1, 0.15) is 32.6 Å². The fourth-order valence-corrected chi connectivity index (χ4v) is 2.53. The molecule has 0 aromatic rings. The molecule has 6 N–H and O–H groups in total. The molecule has 14 heavy (non-hydrogen) atoms. The summed E-state index contributed by atoms with van der Waals surface area (Å²) in [7, 11) is -1.26. The number of hydrogen-bond acceptors (Lipinski definition) is 4. The molecule has 1 saturated carbocycles. The highest BCUT2D eigenvalue weighted by atomic mass is 16.4. The van der Waals surface area contributed by atoms with Crippen LogP contribution in [0.2, 0.25) is 5.82 Å². The first-order valence-electron chi connectivity index (χ1n) is 5.45. The van der Waals surface area contributed by atoms with Gasteiger partial charge in [0.15, 0.2) is 0 Å². The second kappa shape index (κ2) is 5.12. The van der Waals surface area contributed by atoms with E-state index in [-0.39, 0.29) is 23.8 Å². The lowest BCUT2D eigenvalue weighted by Gasteiger charge is -2.38. The molecule has 4 nitrogen and oxygen atoms in total. The van der Waals surface area contributed by atoms with E-state index in [1.165, 1.54) is 0 Å². The van der Waals surface area contributed by atoms with Crippen molar-refractivity contribution in [1.82, 2.24) is 0 Å². The molecule has 0 amide bonds. The minimum atomic E-state index is -1.26. The number of rotatable bonds is 3. The molecule has 5 heteroatoms. The second-order valence-corrected chi connectivity index (χ2v) is 4.32. The van der Waals surface area contributed by atoms with Crippen LogP contribution in [0.15, 0.2) is 0 Å². The molecule has 0 saturated heterocycles. The molecular weight excluding hydrogens is 179 g/mol. The van der Waals surface area contributed by atoms with Gasteiger partial charge in [-0.2, -0.15) is 0 Å². The summed E-state index contributed by atoms with van der Waals surface area (Å²) in [6.07, 6.45) is 3.70. The molecule has 0 spiro atoms. The predicted molar refractivity (Wildman–Crippen MR) is 57.5 cm³/mol. The molecule has 0 aromatic heterocycles. The smallest absolute Gasteiger partial charge is 0.427 e. The maximum atomic E-state index is 9.23. The van der Waals surface area contributed by atoms with Gasteiger partial charge in [-0.3, -0.25) is 0 Å². The normalized spacial score (nSPS) is 35.4. The Morgan fingerprint density at radius 2 is 2.00 bits per heavy atom. The molecule has 0 aromatic carbocycles. The summed E-state index contributed by atoms with van der Waals surface area (Å²) in [5, 5.41) is 18.5. The van der Waals surface area contributed by atoms with Crippen LogP contribution in [-0.4, -0.2) is 29.3 Å². The van der Waals surface area contributed by atoms with Gasteiger partial charge in [-0.1, -0.05) is 19.8 Å². The van der Waals surface area contributed by atoms with Crippen molar-refractivity contribution in [3.8, 4) is 0 Å². The van der Waals surface area contributed by atoms with Gasteiger partial charge in [0.25, 0.3) is 0 Å². The van der Waals surface area contributed by atoms with Crippen LogP contribution in [0, 0.1) is 5.92 Å². The van der Waals surface area contributed by atoms with Crippen LogP contribution >= 0.6 is 0 Å². The van der Waals surface area contributed by atoms with E-state index >= 15 is 0 Å². The molecule has 82 valence electrons. The van der Waals surface area contributed by atoms with E-state index in [4.69, 9.17) is 11.5 Å². The zero-order valence-corrected chi connectivity index (χ0v) is 8.76. The zero-order valence-electron chi connectivity index (χ0n) is 8.76. The van der Waals surface area contributed by atoms with Crippen molar-refractivity contribution in [2.75, 3.05) is 0 Å². The lowest BCUT2D eigenvalue weighted by Crippen LogP contribution is -2.52. The molecule has 1 rings (SSSR count). The Kier molecular flexibility index (Phi) is 4.38. The van der Waals surface area contributed by atoms with Crippen molar-refractivity contribution in [2.24, 2.45) is 17.4 Å². The lowest BCUT2D eigenvalue weighted by atomic mass is 9.59. The van der Waals surface area contributed by atoms with Gasteiger partial charge >= 0.3 is 7.12 Å². The topological polar surface area (TPSA) is 92.5 Å². The molecule has 1 aliphatic rings. The van der Waals surface area contributed by atoms with E-state index in [1.54, 1.807) is 0 Å². The van der Waals surface area contributed by atoms with Crippen molar-refractivity contribution >= 4 is 7.12 Å². The summed E-state index contributed by atoms with van der Waals surface area (Å²) >= 11 is 0. The van der Waals surface area contributed by atoms with Gasteiger partial charge in [0, 0.05) is 12.1 Å². The second-order valence-electron chi connectivity index (χ2n) is 4.32. The Hall–Kier alpha value is -0.0951. The van der Waals surface area contributed by atoms with E-state index < -0.39 is 7.12 Å². The lowest BCUT2D eigenvalue weighted by molar-refractivity contribution is 0.232.